The third-order valence-electron chi connectivity index (χ3n) is 3.44. The van der Waals surface area contributed by atoms with Crippen molar-refractivity contribution in [2.24, 2.45) is 0 Å². The minimum absolute atomic E-state index is 0.146. The van der Waals surface area contributed by atoms with Crippen LogP contribution in [-0.4, -0.2) is 31.0 Å². The molecule has 0 saturated carbocycles. The van der Waals surface area contributed by atoms with Gasteiger partial charge in [-0.2, -0.15) is 0 Å². The molecule has 0 aliphatic rings. The van der Waals surface area contributed by atoms with Crippen molar-refractivity contribution >= 4 is 6.03 Å². The van der Waals surface area contributed by atoms with Crippen LogP contribution in [0.1, 0.15) is 36.0 Å². The Morgan fingerprint density at radius 1 is 1.10 bits per heavy atom. The molecule has 0 atom stereocenters. The number of benzene rings is 1. The van der Waals surface area contributed by atoms with E-state index in [1.807, 2.05) is 26.8 Å². The third-order valence-corrected chi connectivity index (χ3v) is 3.44. The van der Waals surface area contributed by atoms with Crippen molar-refractivity contribution in [1.82, 2.24) is 10.6 Å². The van der Waals surface area contributed by atoms with Crippen molar-refractivity contribution in [3.05, 3.63) is 28.8 Å². The summed E-state index contributed by atoms with van der Waals surface area (Å²) in [5.41, 5.74) is 3.33. The van der Waals surface area contributed by atoms with Gasteiger partial charge < -0.3 is 20.5 Å². The molecule has 0 fully saturated rings. The maximum absolute atomic E-state index is 11.6. The van der Waals surface area contributed by atoms with E-state index in [-0.39, 0.29) is 19.4 Å². The van der Waals surface area contributed by atoms with Crippen LogP contribution in [-0.2, 0) is 0 Å². The topological polar surface area (TPSA) is 70.6 Å². The van der Waals surface area contributed by atoms with Crippen LogP contribution in [0.15, 0.2) is 12.1 Å². The summed E-state index contributed by atoms with van der Waals surface area (Å²) < 4.78 is 5.66. The zero-order valence-electron chi connectivity index (χ0n) is 13.2. The zero-order chi connectivity index (χ0) is 15.7. The standard InChI is InChI=1S/C16H26N2O3/c1-12-7-8-13(2)15(14(12)3)21-11-18-16(20)17-9-5-4-6-10-19/h7-8,19H,4-6,9-11H2,1-3H3,(H2,17,18,20). The van der Waals surface area contributed by atoms with E-state index in [1.54, 1.807) is 0 Å². The summed E-state index contributed by atoms with van der Waals surface area (Å²) in [7, 11) is 0. The molecule has 0 radical (unpaired) electrons. The van der Waals surface area contributed by atoms with E-state index in [0.717, 1.165) is 36.1 Å². The van der Waals surface area contributed by atoms with Crippen LogP contribution in [0.3, 0.4) is 0 Å². The van der Waals surface area contributed by atoms with Gasteiger partial charge in [0.1, 0.15) is 5.75 Å². The van der Waals surface area contributed by atoms with Crippen LogP contribution in [0.4, 0.5) is 4.79 Å². The van der Waals surface area contributed by atoms with E-state index in [4.69, 9.17) is 9.84 Å². The van der Waals surface area contributed by atoms with Gasteiger partial charge in [-0.25, -0.2) is 4.79 Å². The highest BCUT2D eigenvalue weighted by atomic mass is 16.5. The summed E-state index contributed by atoms with van der Waals surface area (Å²) >= 11 is 0. The molecule has 5 heteroatoms. The van der Waals surface area contributed by atoms with Gasteiger partial charge in [-0.05, 0) is 56.7 Å². The average molecular weight is 294 g/mol. The molecule has 0 aliphatic heterocycles. The number of hydrogen-bond donors (Lipinski definition) is 3. The van der Waals surface area contributed by atoms with Crippen LogP contribution in [0.5, 0.6) is 5.75 Å². The Morgan fingerprint density at radius 3 is 2.52 bits per heavy atom. The first-order chi connectivity index (χ1) is 10.1. The number of rotatable bonds is 8. The van der Waals surface area contributed by atoms with Gasteiger partial charge in [-0.3, -0.25) is 0 Å². The van der Waals surface area contributed by atoms with Crippen LogP contribution < -0.4 is 15.4 Å². The predicted molar refractivity (Wildman–Crippen MR) is 83.6 cm³/mol. The highest BCUT2D eigenvalue weighted by Crippen LogP contribution is 2.25. The summed E-state index contributed by atoms with van der Waals surface area (Å²) in [4.78, 5) is 11.6. The summed E-state index contributed by atoms with van der Waals surface area (Å²) in [5, 5.41) is 14.1. The highest BCUT2D eigenvalue weighted by molar-refractivity contribution is 5.73. The zero-order valence-corrected chi connectivity index (χ0v) is 13.2. The fourth-order valence-corrected chi connectivity index (χ4v) is 2.00. The van der Waals surface area contributed by atoms with Crippen LogP contribution in [0.2, 0.25) is 0 Å². The first-order valence-corrected chi connectivity index (χ1v) is 7.38. The first-order valence-electron chi connectivity index (χ1n) is 7.38. The third kappa shape index (κ3) is 6.04. The van der Waals surface area contributed by atoms with Crippen molar-refractivity contribution in [3.8, 4) is 5.75 Å². The Balaban J connectivity index is 2.27. The molecule has 3 N–H and O–H groups in total. The first kappa shape index (κ1) is 17.3. The molecule has 0 aliphatic carbocycles. The summed E-state index contributed by atoms with van der Waals surface area (Å²) in [6.45, 7) is 6.99. The molecule has 21 heavy (non-hydrogen) atoms. The highest BCUT2D eigenvalue weighted by Gasteiger charge is 2.06. The van der Waals surface area contributed by atoms with Crippen molar-refractivity contribution in [2.75, 3.05) is 19.9 Å². The number of carbonyl (C=O) groups excluding carboxylic acids is 1. The van der Waals surface area contributed by atoms with Gasteiger partial charge >= 0.3 is 6.03 Å². The summed E-state index contributed by atoms with van der Waals surface area (Å²) in [5.74, 6) is 0.832. The van der Waals surface area contributed by atoms with E-state index in [0.29, 0.717) is 6.54 Å². The minimum Gasteiger partial charge on any atom is -0.473 e. The van der Waals surface area contributed by atoms with E-state index in [2.05, 4.69) is 16.7 Å². The van der Waals surface area contributed by atoms with Crippen molar-refractivity contribution < 1.29 is 14.6 Å². The Hall–Kier alpha value is -1.75. The molecule has 1 rings (SSSR count). The van der Waals surface area contributed by atoms with E-state index in [9.17, 15) is 4.79 Å². The average Bonchev–Trinajstić information content (AvgIpc) is 2.46. The van der Waals surface area contributed by atoms with Gasteiger partial charge in [0.15, 0.2) is 6.73 Å². The van der Waals surface area contributed by atoms with Crippen LogP contribution in [0, 0.1) is 20.8 Å². The SMILES string of the molecule is Cc1ccc(C)c(OCNC(=O)NCCCCCO)c1C. The quantitative estimate of drug-likeness (QED) is 0.509. The largest absolute Gasteiger partial charge is 0.473 e. The smallest absolute Gasteiger partial charge is 0.317 e. The molecular weight excluding hydrogens is 268 g/mol. The number of ether oxygens (including phenoxy) is 1. The molecule has 0 aromatic heterocycles. The molecule has 0 spiro atoms. The van der Waals surface area contributed by atoms with Gasteiger partial charge in [0.05, 0.1) is 0 Å². The minimum atomic E-state index is -0.234. The number of aliphatic hydroxyl groups is 1. The van der Waals surface area contributed by atoms with Crippen molar-refractivity contribution in [1.29, 1.82) is 0 Å². The van der Waals surface area contributed by atoms with E-state index >= 15 is 0 Å². The second kappa shape index (κ2) is 9.23. The van der Waals surface area contributed by atoms with E-state index < -0.39 is 0 Å². The second-order valence-corrected chi connectivity index (χ2v) is 5.16. The number of urea groups is 1. The molecule has 1 aromatic rings. The number of carbonyl (C=O) groups is 1. The summed E-state index contributed by atoms with van der Waals surface area (Å²) in [6.07, 6.45) is 2.55. The molecule has 0 heterocycles. The van der Waals surface area contributed by atoms with E-state index in [1.165, 1.54) is 5.56 Å². The van der Waals surface area contributed by atoms with Gasteiger partial charge in [0, 0.05) is 13.2 Å². The second-order valence-electron chi connectivity index (χ2n) is 5.16. The number of amides is 2. The maximum atomic E-state index is 11.6. The molecule has 2 amide bonds. The fraction of sp³-hybridized carbons (Fsp3) is 0.562. The monoisotopic (exact) mass is 294 g/mol. The van der Waals surface area contributed by atoms with Crippen molar-refractivity contribution in [2.45, 2.75) is 40.0 Å². The molecule has 0 unspecified atom stereocenters. The lowest BCUT2D eigenvalue weighted by Crippen LogP contribution is -2.38. The Bertz CT molecular complexity index is 461. The number of hydrogen-bond acceptors (Lipinski definition) is 3. The molecule has 0 saturated heterocycles. The van der Waals surface area contributed by atoms with Gasteiger partial charge in [0.2, 0.25) is 0 Å². The Morgan fingerprint density at radius 2 is 1.81 bits per heavy atom. The molecular formula is C16H26N2O3. The number of aliphatic hydroxyl groups excluding tert-OH is 1. The Labute approximate surface area is 126 Å². The number of unbranched alkanes of at least 4 members (excludes halogenated alkanes) is 2. The van der Waals surface area contributed by atoms with Crippen molar-refractivity contribution in [3.63, 3.8) is 0 Å². The van der Waals surface area contributed by atoms with Gasteiger partial charge in [0.25, 0.3) is 0 Å². The molecule has 118 valence electrons. The van der Waals surface area contributed by atoms with Gasteiger partial charge in [-0.15, -0.1) is 0 Å². The predicted octanol–water partition coefficient (Wildman–Crippen LogP) is 2.41. The van der Waals surface area contributed by atoms with Gasteiger partial charge in [-0.1, -0.05) is 12.1 Å². The van der Waals surface area contributed by atoms with Crippen LogP contribution in [0.25, 0.3) is 0 Å². The molecule has 0 bridgehead atoms. The fourth-order valence-electron chi connectivity index (χ4n) is 2.00. The van der Waals surface area contributed by atoms with Crippen LogP contribution >= 0.6 is 0 Å². The lowest BCUT2D eigenvalue weighted by Gasteiger charge is -2.14. The molecule has 5 nitrogen and oxygen atoms in total. The number of aryl methyl sites for hydroxylation is 2. The molecule has 1 aromatic carbocycles. The summed E-state index contributed by atoms with van der Waals surface area (Å²) in [6, 6.07) is 3.84. The lowest BCUT2D eigenvalue weighted by atomic mass is 10.1. The number of nitrogens with one attached hydrogen (secondary N) is 2. The maximum Gasteiger partial charge on any atom is 0.317 e. The Kier molecular flexibility index (Phi) is 7.61. The normalized spacial score (nSPS) is 10.3. The lowest BCUT2D eigenvalue weighted by molar-refractivity contribution is 0.223.